The SMILES string of the molecule is CCOc1c(C)cc(S(=O)(=O)NCC2(O)CCOc3ccccc32)cc1C. The highest BCUT2D eigenvalue weighted by molar-refractivity contribution is 7.89. The molecule has 0 amide bonds. The molecule has 0 fully saturated rings. The average Bonchev–Trinajstić information content (AvgIpc) is 2.63. The van der Waals surface area contributed by atoms with Crippen LogP contribution in [0.3, 0.4) is 0 Å². The smallest absolute Gasteiger partial charge is 0.240 e. The molecular formula is C20H25NO5S. The zero-order valence-electron chi connectivity index (χ0n) is 15.8. The van der Waals surface area contributed by atoms with E-state index >= 15 is 0 Å². The highest BCUT2D eigenvalue weighted by Crippen LogP contribution is 2.36. The molecule has 1 heterocycles. The van der Waals surface area contributed by atoms with Gasteiger partial charge in [0.05, 0.1) is 18.1 Å². The first-order valence-electron chi connectivity index (χ1n) is 8.95. The highest BCUT2D eigenvalue weighted by atomic mass is 32.2. The predicted molar refractivity (Wildman–Crippen MR) is 103 cm³/mol. The highest BCUT2D eigenvalue weighted by Gasteiger charge is 2.36. The van der Waals surface area contributed by atoms with Gasteiger partial charge in [0.25, 0.3) is 0 Å². The Morgan fingerprint density at radius 3 is 2.56 bits per heavy atom. The molecule has 0 aliphatic carbocycles. The molecule has 2 aromatic carbocycles. The number of hydrogen-bond donors (Lipinski definition) is 2. The minimum Gasteiger partial charge on any atom is -0.493 e. The fourth-order valence-corrected chi connectivity index (χ4v) is 4.62. The van der Waals surface area contributed by atoms with Gasteiger partial charge >= 0.3 is 0 Å². The Kier molecular flexibility index (Phi) is 5.46. The number of benzene rings is 2. The van der Waals surface area contributed by atoms with Crippen LogP contribution in [0.4, 0.5) is 0 Å². The Morgan fingerprint density at radius 2 is 1.89 bits per heavy atom. The van der Waals surface area contributed by atoms with Crippen LogP contribution in [0.5, 0.6) is 11.5 Å². The number of sulfonamides is 1. The van der Waals surface area contributed by atoms with Crippen molar-refractivity contribution in [2.24, 2.45) is 0 Å². The van der Waals surface area contributed by atoms with E-state index in [0.717, 1.165) is 11.1 Å². The fourth-order valence-electron chi connectivity index (χ4n) is 3.36. The second kappa shape index (κ2) is 7.50. The summed E-state index contributed by atoms with van der Waals surface area (Å²) in [4.78, 5) is 0.157. The van der Waals surface area contributed by atoms with E-state index in [1.165, 1.54) is 0 Å². The van der Waals surface area contributed by atoms with Crippen LogP contribution in [-0.4, -0.2) is 33.3 Å². The van der Waals surface area contributed by atoms with E-state index in [2.05, 4.69) is 4.72 Å². The van der Waals surface area contributed by atoms with E-state index in [4.69, 9.17) is 9.47 Å². The standard InChI is InChI=1S/C20H25NO5S/c1-4-25-19-14(2)11-16(12-15(19)3)27(23,24)21-13-20(22)9-10-26-18-8-6-5-7-17(18)20/h5-8,11-12,21-22H,4,9-10,13H2,1-3H3. The largest absolute Gasteiger partial charge is 0.493 e. The topological polar surface area (TPSA) is 84.9 Å². The Morgan fingerprint density at radius 1 is 1.22 bits per heavy atom. The van der Waals surface area contributed by atoms with Crippen molar-refractivity contribution >= 4 is 10.0 Å². The normalized spacial score (nSPS) is 19.3. The van der Waals surface area contributed by atoms with E-state index < -0.39 is 15.6 Å². The average molecular weight is 391 g/mol. The van der Waals surface area contributed by atoms with Crippen molar-refractivity contribution in [3.63, 3.8) is 0 Å². The number of nitrogens with one attached hydrogen (secondary N) is 1. The Balaban J connectivity index is 1.84. The van der Waals surface area contributed by atoms with Gasteiger partial charge in [0.15, 0.2) is 0 Å². The van der Waals surface area contributed by atoms with Gasteiger partial charge in [0.1, 0.15) is 17.1 Å². The summed E-state index contributed by atoms with van der Waals surface area (Å²) in [5.74, 6) is 1.28. The number of aryl methyl sites for hydroxylation is 2. The van der Waals surface area contributed by atoms with Crippen molar-refractivity contribution in [1.29, 1.82) is 0 Å². The lowest BCUT2D eigenvalue weighted by atomic mass is 9.88. The number of ether oxygens (including phenoxy) is 2. The van der Waals surface area contributed by atoms with E-state index in [9.17, 15) is 13.5 Å². The zero-order chi connectivity index (χ0) is 19.7. The molecule has 1 atom stereocenters. The Labute approximate surface area is 160 Å². The molecule has 0 spiro atoms. The fraction of sp³-hybridized carbons (Fsp3) is 0.400. The predicted octanol–water partition coefficient (Wildman–Crippen LogP) is 2.65. The number of fused-ring (bicyclic) bond motifs is 1. The Bertz CT molecular complexity index is 918. The lowest BCUT2D eigenvalue weighted by Gasteiger charge is -2.34. The molecule has 1 aliphatic heterocycles. The van der Waals surface area contributed by atoms with Crippen molar-refractivity contribution in [3.05, 3.63) is 53.1 Å². The van der Waals surface area contributed by atoms with Gasteiger partial charge in [-0.25, -0.2) is 13.1 Å². The molecule has 0 bridgehead atoms. The monoisotopic (exact) mass is 391 g/mol. The minimum absolute atomic E-state index is 0.124. The number of rotatable bonds is 6. The number of aliphatic hydroxyl groups is 1. The third-order valence-electron chi connectivity index (χ3n) is 4.75. The van der Waals surface area contributed by atoms with Crippen molar-refractivity contribution < 1.29 is 23.0 Å². The van der Waals surface area contributed by atoms with Gasteiger partial charge < -0.3 is 14.6 Å². The van der Waals surface area contributed by atoms with E-state index in [-0.39, 0.29) is 11.4 Å². The first-order valence-corrected chi connectivity index (χ1v) is 10.4. The van der Waals surface area contributed by atoms with Crippen molar-refractivity contribution in [3.8, 4) is 11.5 Å². The van der Waals surface area contributed by atoms with Gasteiger partial charge in [-0.3, -0.25) is 0 Å². The van der Waals surface area contributed by atoms with Gasteiger partial charge in [0.2, 0.25) is 10.0 Å². The summed E-state index contributed by atoms with van der Waals surface area (Å²) in [7, 11) is -3.78. The maximum atomic E-state index is 12.8. The van der Waals surface area contributed by atoms with Crippen LogP contribution in [0, 0.1) is 13.8 Å². The van der Waals surface area contributed by atoms with Gasteiger partial charge in [-0.05, 0) is 50.1 Å². The van der Waals surface area contributed by atoms with Crippen LogP contribution >= 0.6 is 0 Å². The third kappa shape index (κ3) is 3.95. The second-order valence-corrected chi connectivity index (χ2v) is 8.54. The molecule has 1 aliphatic rings. The molecule has 0 saturated carbocycles. The molecular weight excluding hydrogens is 366 g/mol. The quantitative estimate of drug-likeness (QED) is 0.791. The van der Waals surface area contributed by atoms with Crippen molar-refractivity contribution in [2.45, 2.75) is 37.7 Å². The summed E-state index contributed by atoms with van der Waals surface area (Å²) >= 11 is 0. The van der Waals surface area contributed by atoms with Crippen LogP contribution < -0.4 is 14.2 Å². The first-order chi connectivity index (χ1) is 12.8. The van der Waals surface area contributed by atoms with E-state index in [1.54, 1.807) is 30.3 Å². The maximum absolute atomic E-state index is 12.8. The zero-order valence-corrected chi connectivity index (χ0v) is 16.6. The molecule has 7 heteroatoms. The van der Waals surface area contributed by atoms with E-state index in [1.807, 2.05) is 26.8 Å². The van der Waals surface area contributed by atoms with Crippen molar-refractivity contribution in [1.82, 2.24) is 4.72 Å². The third-order valence-corrected chi connectivity index (χ3v) is 6.13. The molecule has 0 aromatic heterocycles. The van der Waals surface area contributed by atoms with Crippen LogP contribution in [0.1, 0.15) is 30.0 Å². The summed E-state index contributed by atoms with van der Waals surface area (Å²) < 4.78 is 39.3. The van der Waals surface area contributed by atoms with Crippen LogP contribution in [0.25, 0.3) is 0 Å². The maximum Gasteiger partial charge on any atom is 0.240 e. The second-order valence-electron chi connectivity index (χ2n) is 6.77. The lowest BCUT2D eigenvalue weighted by molar-refractivity contribution is 0.00219. The molecule has 2 N–H and O–H groups in total. The number of para-hydroxylation sites is 1. The Hall–Kier alpha value is -2.09. The van der Waals surface area contributed by atoms with Crippen LogP contribution in [0.2, 0.25) is 0 Å². The lowest BCUT2D eigenvalue weighted by Crippen LogP contribution is -2.43. The molecule has 1 unspecified atom stereocenters. The molecule has 27 heavy (non-hydrogen) atoms. The summed E-state index contributed by atoms with van der Waals surface area (Å²) in [5, 5.41) is 11.0. The summed E-state index contributed by atoms with van der Waals surface area (Å²) in [6.45, 7) is 6.24. The van der Waals surface area contributed by atoms with Crippen LogP contribution in [0.15, 0.2) is 41.3 Å². The number of hydrogen-bond acceptors (Lipinski definition) is 5. The van der Waals surface area contributed by atoms with Crippen molar-refractivity contribution in [2.75, 3.05) is 19.8 Å². The molecule has 6 nitrogen and oxygen atoms in total. The molecule has 0 saturated heterocycles. The summed E-state index contributed by atoms with van der Waals surface area (Å²) in [6.07, 6.45) is 0.313. The van der Waals surface area contributed by atoms with Gasteiger partial charge in [0, 0.05) is 18.5 Å². The summed E-state index contributed by atoms with van der Waals surface area (Å²) in [6, 6.07) is 10.3. The molecule has 2 aromatic rings. The van der Waals surface area contributed by atoms with E-state index in [0.29, 0.717) is 36.7 Å². The van der Waals surface area contributed by atoms with Gasteiger partial charge in [-0.2, -0.15) is 0 Å². The van der Waals surface area contributed by atoms with Crippen LogP contribution in [-0.2, 0) is 15.6 Å². The van der Waals surface area contributed by atoms with Gasteiger partial charge in [-0.15, -0.1) is 0 Å². The molecule has 0 radical (unpaired) electrons. The first kappa shape index (κ1) is 19.7. The minimum atomic E-state index is -3.78. The molecule has 3 rings (SSSR count). The van der Waals surface area contributed by atoms with Gasteiger partial charge in [-0.1, -0.05) is 18.2 Å². The molecule has 146 valence electrons. The summed E-state index contributed by atoms with van der Waals surface area (Å²) in [5.41, 5.74) is 0.801.